The Hall–Kier alpha value is -1.38. The molecule has 1 aromatic rings. The topological polar surface area (TPSA) is 37.3 Å². The van der Waals surface area contributed by atoms with Gasteiger partial charge in [0.15, 0.2) is 0 Å². The average Bonchev–Trinajstić information content (AvgIpc) is 2.18. The number of carboxylic acid groups (broad SMARTS) is 1. The molecular formula is C12H15FO2. The number of carbonyl (C=O) groups is 1. The van der Waals surface area contributed by atoms with Crippen LogP contribution < -0.4 is 0 Å². The van der Waals surface area contributed by atoms with Gasteiger partial charge in [0.05, 0.1) is 0 Å². The van der Waals surface area contributed by atoms with Crippen LogP contribution in [0.1, 0.15) is 37.7 Å². The average molecular weight is 210 g/mol. The van der Waals surface area contributed by atoms with Crippen molar-refractivity contribution in [3.8, 4) is 0 Å². The molecule has 1 unspecified atom stereocenters. The standard InChI is InChI=1S/C12H15FO2/c1-9(3-2-4-12(14)15)10-5-7-11(13)8-6-10/h5-9H,2-4H2,1H3,(H,14,15). The molecule has 3 heteroatoms. The zero-order valence-corrected chi connectivity index (χ0v) is 8.74. The van der Waals surface area contributed by atoms with Crippen molar-refractivity contribution in [2.45, 2.75) is 32.1 Å². The summed E-state index contributed by atoms with van der Waals surface area (Å²) >= 11 is 0. The number of hydrogen-bond acceptors (Lipinski definition) is 1. The maximum atomic E-state index is 12.6. The van der Waals surface area contributed by atoms with Crippen molar-refractivity contribution in [2.75, 3.05) is 0 Å². The van der Waals surface area contributed by atoms with Crippen LogP contribution in [-0.4, -0.2) is 11.1 Å². The highest BCUT2D eigenvalue weighted by Crippen LogP contribution is 2.21. The molecule has 0 aliphatic heterocycles. The van der Waals surface area contributed by atoms with Crippen molar-refractivity contribution < 1.29 is 14.3 Å². The molecule has 1 N–H and O–H groups in total. The van der Waals surface area contributed by atoms with E-state index in [1.54, 1.807) is 12.1 Å². The van der Waals surface area contributed by atoms with Crippen molar-refractivity contribution in [3.05, 3.63) is 35.6 Å². The van der Waals surface area contributed by atoms with Gasteiger partial charge in [0.1, 0.15) is 5.82 Å². The van der Waals surface area contributed by atoms with Crippen LogP contribution in [0.3, 0.4) is 0 Å². The summed E-state index contributed by atoms with van der Waals surface area (Å²) in [7, 11) is 0. The monoisotopic (exact) mass is 210 g/mol. The van der Waals surface area contributed by atoms with Gasteiger partial charge in [-0.25, -0.2) is 4.39 Å². The molecule has 0 saturated carbocycles. The molecule has 0 aliphatic rings. The fourth-order valence-corrected chi connectivity index (χ4v) is 1.52. The molecule has 0 spiro atoms. The van der Waals surface area contributed by atoms with Crippen molar-refractivity contribution >= 4 is 5.97 Å². The molecule has 2 nitrogen and oxygen atoms in total. The number of halogens is 1. The number of carboxylic acids is 1. The summed E-state index contributed by atoms with van der Waals surface area (Å²) in [4.78, 5) is 10.3. The minimum Gasteiger partial charge on any atom is -0.481 e. The summed E-state index contributed by atoms with van der Waals surface area (Å²) in [6, 6.07) is 6.37. The van der Waals surface area contributed by atoms with Gasteiger partial charge in [0.2, 0.25) is 0 Å². The van der Waals surface area contributed by atoms with Gasteiger partial charge in [-0.1, -0.05) is 19.1 Å². The molecule has 15 heavy (non-hydrogen) atoms. The molecular weight excluding hydrogens is 195 g/mol. The summed E-state index contributed by atoms with van der Waals surface area (Å²) < 4.78 is 12.6. The van der Waals surface area contributed by atoms with Crippen LogP contribution in [0.4, 0.5) is 4.39 Å². The van der Waals surface area contributed by atoms with E-state index in [0.717, 1.165) is 12.0 Å². The quantitative estimate of drug-likeness (QED) is 0.810. The van der Waals surface area contributed by atoms with Crippen molar-refractivity contribution in [2.24, 2.45) is 0 Å². The zero-order valence-electron chi connectivity index (χ0n) is 8.74. The lowest BCUT2D eigenvalue weighted by Gasteiger charge is -2.10. The Bertz CT molecular complexity index is 319. The third kappa shape index (κ3) is 4.11. The van der Waals surface area contributed by atoms with E-state index in [9.17, 15) is 9.18 Å². The van der Waals surface area contributed by atoms with Crippen molar-refractivity contribution in [1.82, 2.24) is 0 Å². The third-order valence-corrected chi connectivity index (χ3v) is 2.47. The van der Waals surface area contributed by atoms with Gasteiger partial charge in [0, 0.05) is 6.42 Å². The highest BCUT2D eigenvalue weighted by Gasteiger charge is 2.06. The molecule has 0 fully saturated rings. The smallest absolute Gasteiger partial charge is 0.303 e. The number of hydrogen-bond donors (Lipinski definition) is 1. The van der Waals surface area contributed by atoms with Gasteiger partial charge < -0.3 is 5.11 Å². The van der Waals surface area contributed by atoms with Gasteiger partial charge in [-0.15, -0.1) is 0 Å². The molecule has 1 atom stereocenters. The second-order valence-corrected chi connectivity index (χ2v) is 3.74. The lowest BCUT2D eigenvalue weighted by molar-refractivity contribution is -0.137. The fraction of sp³-hybridized carbons (Fsp3) is 0.417. The Kier molecular flexibility index (Phi) is 4.28. The summed E-state index contributed by atoms with van der Waals surface area (Å²) in [5.41, 5.74) is 1.06. The van der Waals surface area contributed by atoms with Gasteiger partial charge in [-0.2, -0.15) is 0 Å². The Morgan fingerprint density at radius 1 is 1.40 bits per heavy atom. The van der Waals surface area contributed by atoms with Crippen LogP contribution in [0.2, 0.25) is 0 Å². The Balaban J connectivity index is 2.43. The Morgan fingerprint density at radius 3 is 2.53 bits per heavy atom. The fourth-order valence-electron chi connectivity index (χ4n) is 1.52. The third-order valence-electron chi connectivity index (χ3n) is 2.47. The van der Waals surface area contributed by atoms with E-state index in [4.69, 9.17) is 5.11 Å². The van der Waals surface area contributed by atoms with E-state index in [-0.39, 0.29) is 18.2 Å². The lowest BCUT2D eigenvalue weighted by atomic mass is 9.95. The second kappa shape index (κ2) is 5.49. The molecule has 0 bridgehead atoms. The molecule has 0 radical (unpaired) electrons. The summed E-state index contributed by atoms with van der Waals surface area (Å²) in [5.74, 6) is -0.720. The SMILES string of the molecule is CC(CCCC(=O)O)c1ccc(F)cc1. The van der Waals surface area contributed by atoms with Gasteiger partial charge >= 0.3 is 5.97 Å². The lowest BCUT2D eigenvalue weighted by Crippen LogP contribution is -1.98. The molecule has 1 aromatic carbocycles. The predicted octanol–water partition coefficient (Wildman–Crippen LogP) is 3.18. The second-order valence-electron chi connectivity index (χ2n) is 3.74. The highest BCUT2D eigenvalue weighted by atomic mass is 19.1. The first-order valence-electron chi connectivity index (χ1n) is 5.07. The highest BCUT2D eigenvalue weighted by molar-refractivity contribution is 5.66. The summed E-state index contributed by atoms with van der Waals surface area (Å²) in [6.07, 6.45) is 1.68. The van der Waals surface area contributed by atoms with Crippen molar-refractivity contribution in [3.63, 3.8) is 0 Å². The predicted molar refractivity (Wildman–Crippen MR) is 56.3 cm³/mol. The Morgan fingerprint density at radius 2 is 2.00 bits per heavy atom. The maximum absolute atomic E-state index is 12.6. The van der Waals surface area contributed by atoms with E-state index in [1.807, 2.05) is 6.92 Å². The first-order chi connectivity index (χ1) is 7.09. The van der Waals surface area contributed by atoms with Gasteiger partial charge in [-0.3, -0.25) is 4.79 Å². The maximum Gasteiger partial charge on any atom is 0.303 e. The van der Waals surface area contributed by atoms with E-state index < -0.39 is 5.97 Å². The summed E-state index contributed by atoms with van der Waals surface area (Å²) in [5, 5.41) is 8.48. The van der Waals surface area contributed by atoms with Crippen LogP contribution in [0.5, 0.6) is 0 Å². The summed E-state index contributed by atoms with van der Waals surface area (Å²) in [6.45, 7) is 2.02. The molecule has 0 aliphatic carbocycles. The number of aliphatic carboxylic acids is 1. The molecule has 0 saturated heterocycles. The van der Waals surface area contributed by atoms with Crippen LogP contribution in [0, 0.1) is 5.82 Å². The largest absolute Gasteiger partial charge is 0.481 e. The molecule has 0 aromatic heterocycles. The van der Waals surface area contributed by atoms with E-state index in [1.165, 1.54) is 12.1 Å². The Labute approximate surface area is 88.7 Å². The molecule has 1 rings (SSSR count). The first-order valence-corrected chi connectivity index (χ1v) is 5.07. The molecule has 0 amide bonds. The van der Waals surface area contributed by atoms with Crippen LogP contribution in [0.15, 0.2) is 24.3 Å². The first kappa shape index (κ1) is 11.7. The normalized spacial score (nSPS) is 12.4. The zero-order chi connectivity index (χ0) is 11.3. The van der Waals surface area contributed by atoms with Crippen LogP contribution >= 0.6 is 0 Å². The van der Waals surface area contributed by atoms with Gasteiger partial charge in [0.25, 0.3) is 0 Å². The van der Waals surface area contributed by atoms with Crippen molar-refractivity contribution in [1.29, 1.82) is 0 Å². The van der Waals surface area contributed by atoms with E-state index in [2.05, 4.69) is 0 Å². The van der Waals surface area contributed by atoms with Crippen LogP contribution in [0.25, 0.3) is 0 Å². The van der Waals surface area contributed by atoms with Gasteiger partial charge in [-0.05, 0) is 36.5 Å². The van der Waals surface area contributed by atoms with E-state index in [0.29, 0.717) is 6.42 Å². The number of rotatable bonds is 5. The van der Waals surface area contributed by atoms with Crippen LogP contribution in [-0.2, 0) is 4.79 Å². The van der Waals surface area contributed by atoms with E-state index >= 15 is 0 Å². The molecule has 82 valence electrons. The minimum absolute atomic E-state index is 0.200. The minimum atomic E-state index is -0.763. The molecule has 0 heterocycles. The number of benzene rings is 1.